The molecular weight excluding hydrogens is 375 g/mol. The highest BCUT2D eigenvalue weighted by Gasteiger charge is 2.19. The minimum Gasteiger partial charge on any atom is -0.256 e. The van der Waals surface area contributed by atoms with Crippen molar-refractivity contribution in [3.8, 4) is 22.5 Å². The van der Waals surface area contributed by atoms with Crippen LogP contribution in [0, 0.1) is 5.82 Å². The van der Waals surface area contributed by atoms with E-state index >= 15 is 0 Å². The third-order valence-electron chi connectivity index (χ3n) is 5.31. The Bertz CT molecular complexity index is 1400. The van der Waals surface area contributed by atoms with Crippen LogP contribution >= 0.6 is 0 Å². The van der Waals surface area contributed by atoms with Crippen LogP contribution in [0.1, 0.15) is 20.8 Å². The Balaban J connectivity index is 1.75. The molecule has 2 heterocycles. The van der Waals surface area contributed by atoms with Crippen LogP contribution in [0.25, 0.3) is 44.1 Å². The first-order valence-electron chi connectivity index (χ1n) is 9.91. The number of benzene rings is 3. The summed E-state index contributed by atoms with van der Waals surface area (Å²) in [5.41, 5.74) is 2.90. The minimum atomic E-state index is -0.272. The molecular formula is C25H21FN4. The van der Waals surface area contributed by atoms with E-state index in [0.29, 0.717) is 16.6 Å². The van der Waals surface area contributed by atoms with E-state index in [0.717, 1.165) is 27.4 Å². The molecule has 0 aliphatic carbocycles. The normalized spacial score (nSPS) is 12.0. The van der Waals surface area contributed by atoms with Crippen molar-refractivity contribution in [3.63, 3.8) is 0 Å². The summed E-state index contributed by atoms with van der Waals surface area (Å²) in [5, 5.41) is 12.2. The second-order valence-electron chi connectivity index (χ2n) is 8.50. The molecule has 0 radical (unpaired) electrons. The van der Waals surface area contributed by atoms with Crippen LogP contribution in [0.15, 0.2) is 73.1 Å². The van der Waals surface area contributed by atoms with Gasteiger partial charge in [0.15, 0.2) is 0 Å². The van der Waals surface area contributed by atoms with Crippen molar-refractivity contribution in [3.05, 3.63) is 78.9 Å². The van der Waals surface area contributed by atoms with Gasteiger partial charge in [0.2, 0.25) is 0 Å². The van der Waals surface area contributed by atoms with Gasteiger partial charge in [0.1, 0.15) is 11.5 Å². The smallest absolute Gasteiger partial charge is 0.131 e. The number of aromatic nitrogens is 4. The predicted octanol–water partition coefficient (Wildman–Crippen LogP) is 6.21. The van der Waals surface area contributed by atoms with Gasteiger partial charge in [-0.15, -0.1) is 5.10 Å². The van der Waals surface area contributed by atoms with Crippen molar-refractivity contribution in [2.75, 3.05) is 0 Å². The zero-order valence-electron chi connectivity index (χ0n) is 17.1. The van der Waals surface area contributed by atoms with Crippen LogP contribution in [-0.2, 0) is 5.54 Å². The molecule has 30 heavy (non-hydrogen) atoms. The number of rotatable bonds is 2. The zero-order chi connectivity index (χ0) is 20.9. The average Bonchev–Trinajstić information content (AvgIpc) is 3.23. The summed E-state index contributed by atoms with van der Waals surface area (Å²) in [6.07, 6.45) is 3.74. The molecule has 0 atom stereocenters. The van der Waals surface area contributed by atoms with Crippen LogP contribution in [0.3, 0.4) is 0 Å². The number of fused-ring (bicyclic) bond motifs is 2. The second-order valence-corrected chi connectivity index (χ2v) is 8.50. The maximum absolute atomic E-state index is 14.8. The Kier molecular flexibility index (Phi) is 4.13. The summed E-state index contributed by atoms with van der Waals surface area (Å²) < 4.78 is 16.6. The molecule has 0 fully saturated rings. The first kappa shape index (κ1) is 18.4. The van der Waals surface area contributed by atoms with Crippen LogP contribution in [0.5, 0.6) is 0 Å². The zero-order valence-corrected chi connectivity index (χ0v) is 17.1. The summed E-state index contributed by atoms with van der Waals surface area (Å²) in [6.45, 7) is 6.17. The summed E-state index contributed by atoms with van der Waals surface area (Å²) in [6, 6.07) is 19.2. The lowest BCUT2D eigenvalue weighted by Gasteiger charge is -2.17. The molecule has 3 aromatic carbocycles. The first-order chi connectivity index (χ1) is 14.4. The molecule has 0 saturated carbocycles. The Morgan fingerprint density at radius 1 is 0.833 bits per heavy atom. The molecule has 4 nitrogen and oxygen atoms in total. The highest BCUT2D eigenvalue weighted by Crippen LogP contribution is 2.35. The van der Waals surface area contributed by atoms with E-state index < -0.39 is 0 Å². The van der Waals surface area contributed by atoms with Crippen molar-refractivity contribution in [1.29, 1.82) is 0 Å². The van der Waals surface area contributed by atoms with E-state index in [4.69, 9.17) is 0 Å². The van der Waals surface area contributed by atoms with E-state index in [1.807, 2.05) is 48.8 Å². The summed E-state index contributed by atoms with van der Waals surface area (Å²) in [7, 11) is 0. The number of nitrogens with zero attached hydrogens (tertiary/aromatic N) is 4. The van der Waals surface area contributed by atoms with E-state index in [1.165, 1.54) is 6.07 Å². The monoisotopic (exact) mass is 396 g/mol. The molecule has 0 bridgehead atoms. The van der Waals surface area contributed by atoms with Gasteiger partial charge in [0.25, 0.3) is 0 Å². The fraction of sp³-hybridized carbons (Fsp3) is 0.160. The van der Waals surface area contributed by atoms with Crippen molar-refractivity contribution < 1.29 is 4.39 Å². The summed E-state index contributed by atoms with van der Waals surface area (Å²) in [5.74, 6) is -0.272. The molecule has 0 saturated heterocycles. The van der Waals surface area contributed by atoms with E-state index in [2.05, 4.69) is 48.2 Å². The number of halogens is 1. The van der Waals surface area contributed by atoms with Crippen molar-refractivity contribution in [2.24, 2.45) is 0 Å². The van der Waals surface area contributed by atoms with Gasteiger partial charge in [0.05, 0.1) is 17.4 Å². The summed E-state index contributed by atoms with van der Waals surface area (Å²) >= 11 is 0. The Labute approximate surface area is 174 Å². The Morgan fingerprint density at radius 3 is 2.37 bits per heavy atom. The average molecular weight is 396 g/mol. The first-order valence-corrected chi connectivity index (χ1v) is 9.91. The van der Waals surface area contributed by atoms with Crippen LogP contribution < -0.4 is 0 Å². The van der Waals surface area contributed by atoms with Gasteiger partial charge in [-0.3, -0.25) is 4.98 Å². The molecule has 0 unspecified atom stereocenters. The molecule has 0 spiro atoms. The highest BCUT2D eigenvalue weighted by molar-refractivity contribution is 6.00. The van der Waals surface area contributed by atoms with Crippen molar-refractivity contribution >= 4 is 21.5 Å². The lowest BCUT2D eigenvalue weighted by molar-refractivity contribution is 0.347. The molecule has 5 rings (SSSR count). The Morgan fingerprint density at radius 2 is 1.60 bits per heavy atom. The topological polar surface area (TPSA) is 43.6 Å². The highest BCUT2D eigenvalue weighted by atomic mass is 19.1. The molecule has 5 heteroatoms. The van der Waals surface area contributed by atoms with Gasteiger partial charge in [-0.25, -0.2) is 9.07 Å². The van der Waals surface area contributed by atoms with E-state index in [1.54, 1.807) is 10.7 Å². The standard InChI is InChI=1S/C25H21FN4/c1-25(2,3)30-15-23(28-29-30)20-12-19(11-17-9-6-10-21(26)24(17)20)22-13-16-7-4-5-8-18(16)14-27-22/h4-15H,1-3H3. The van der Waals surface area contributed by atoms with Crippen molar-refractivity contribution in [2.45, 2.75) is 26.3 Å². The maximum atomic E-state index is 14.8. The van der Waals surface area contributed by atoms with E-state index in [9.17, 15) is 4.39 Å². The molecule has 0 aliphatic rings. The lowest BCUT2D eigenvalue weighted by Crippen LogP contribution is -2.22. The van der Waals surface area contributed by atoms with Crippen LogP contribution in [0.4, 0.5) is 4.39 Å². The minimum absolute atomic E-state index is 0.211. The number of hydrogen-bond donors (Lipinski definition) is 0. The van der Waals surface area contributed by atoms with Gasteiger partial charge in [0, 0.05) is 28.1 Å². The molecule has 2 aromatic heterocycles. The number of pyridine rings is 1. The quantitative estimate of drug-likeness (QED) is 0.356. The fourth-order valence-electron chi connectivity index (χ4n) is 3.69. The SMILES string of the molecule is CC(C)(C)n1cc(-c2cc(-c3cc4ccccc4cn3)cc3cccc(F)c23)nn1. The van der Waals surface area contributed by atoms with Gasteiger partial charge in [-0.2, -0.15) is 0 Å². The fourth-order valence-corrected chi connectivity index (χ4v) is 3.69. The number of hydrogen-bond acceptors (Lipinski definition) is 3. The molecule has 0 N–H and O–H groups in total. The van der Waals surface area contributed by atoms with Crippen molar-refractivity contribution in [1.82, 2.24) is 20.0 Å². The van der Waals surface area contributed by atoms with E-state index in [-0.39, 0.29) is 11.4 Å². The molecule has 5 aromatic rings. The van der Waals surface area contributed by atoms with Crippen LogP contribution in [0.2, 0.25) is 0 Å². The van der Waals surface area contributed by atoms with Gasteiger partial charge in [-0.1, -0.05) is 41.6 Å². The summed E-state index contributed by atoms with van der Waals surface area (Å²) in [4.78, 5) is 4.65. The van der Waals surface area contributed by atoms with Crippen LogP contribution in [-0.4, -0.2) is 20.0 Å². The lowest BCUT2D eigenvalue weighted by atomic mass is 9.96. The molecule has 0 amide bonds. The van der Waals surface area contributed by atoms with Gasteiger partial charge < -0.3 is 0 Å². The molecule has 0 aliphatic heterocycles. The second kappa shape index (κ2) is 6.73. The third kappa shape index (κ3) is 3.12. The Hall–Kier alpha value is -3.60. The maximum Gasteiger partial charge on any atom is 0.131 e. The molecule has 148 valence electrons. The predicted molar refractivity (Wildman–Crippen MR) is 119 cm³/mol. The van der Waals surface area contributed by atoms with Gasteiger partial charge >= 0.3 is 0 Å². The van der Waals surface area contributed by atoms with Gasteiger partial charge in [-0.05, 0) is 55.8 Å². The largest absolute Gasteiger partial charge is 0.256 e. The third-order valence-corrected chi connectivity index (χ3v) is 5.31.